The highest BCUT2D eigenvalue weighted by Gasteiger charge is 2.32. The van der Waals surface area contributed by atoms with Crippen molar-refractivity contribution in [1.82, 2.24) is 20.1 Å². The summed E-state index contributed by atoms with van der Waals surface area (Å²) in [4.78, 5) is 0. The average molecular weight is 298 g/mol. The lowest BCUT2D eigenvalue weighted by Gasteiger charge is -2.20. The Kier molecular flexibility index (Phi) is 4.95. The third-order valence-electron chi connectivity index (χ3n) is 3.18. The van der Waals surface area contributed by atoms with E-state index in [9.17, 15) is 13.2 Å². The third-order valence-corrected chi connectivity index (χ3v) is 3.18. The van der Waals surface area contributed by atoms with Crippen LogP contribution in [-0.2, 0) is 13.5 Å². The second-order valence-corrected chi connectivity index (χ2v) is 4.84. The number of nitrogens with zero attached hydrogens (tertiary/aromatic N) is 3. The molecule has 1 aromatic carbocycles. The number of aromatic nitrogens is 3. The molecule has 0 aliphatic rings. The zero-order valence-corrected chi connectivity index (χ0v) is 11.6. The maximum Gasteiger partial charge on any atom is 0.390 e. The molecule has 0 saturated carbocycles. The van der Waals surface area contributed by atoms with E-state index in [0.717, 1.165) is 5.82 Å². The van der Waals surface area contributed by atoms with Crippen LogP contribution >= 0.6 is 0 Å². The van der Waals surface area contributed by atoms with Crippen LogP contribution in [0.1, 0.15) is 23.9 Å². The highest BCUT2D eigenvalue weighted by Crippen LogP contribution is 2.29. The Morgan fingerprint density at radius 2 is 1.95 bits per heavy atom. The van der Waals surface area contributed by atoms with Crippen LogP contribution < -0.4 is 5.32 Å². The van der Waals surface area contributed by atoms with Crippen LogP contribution in [0.25, 0.3) is 0 Å². The third kappa shape index (κ3) is 4.86. The van der Waals surface area contributed by atoms with Gasteiger partial charge in [0.05, 0.1) is 6.42 Å². The summed E-state index contributed by atoms with van der Waals surface area (Å²) in [5.74, 6) is 0.737. The monoisotopic (exact) mass is 298 g/mol. The molecule has 2 aromatic rings. The van der Waals surface area contributed by atoms with E-state index in [4.69, 9.17) is 0 Å². The minimum absolute atomic E-state index is 0.405. The van der Waals surface area contributed by atoms with Crippen LogP contribution in [0.5, 0.6) is 0 Å². The lowest BCUT2D eigenvalue weighted by molar-refractivity contribution is -0.140. The second kappa shape index (κ2) is 6.71. The quantitative estimate of drug-likeness (QED) is 0.891. The Morgan fingerprint density at radius 3 is 2.52 bits per heavy atom. The maximum atomic E-state index is 12.7. The molecule has 1 atom stereocenters. The molecule has 1 N–H and O–H groups in total. The Labute approximate surface area is 121 Å². The Morgan fingerprint density at radius 1 is 1.24 bits per heavy atom. The van der Waals surface area contributed by atoms with E-state index in [1.807, 2.05) is 0 Å². The van der Waals surface area contributed by atoms with Crippen molar-refractivity contribution in [3.05, 3.63) is 48.0 Å². The number of nitrogens with one attached hydrogen (secondary N) is 1. The molecule has 7 heteroatoms. The molecule has 0 bridgehead atoms. The van der Waals surface area contributed by atoms with Gasteiger partial charge in [0.25, 0.3) is 0 Å². The number of rotatable bonds is 6. The molecule has 114 valence electrons. The number of benzene rings is 1. The SMILES string of the molecule is Cn1cnnc1CCNC(CC(F)(F)F)c1ccccc1. The summed E-state index contributed by atoms with van der Waals surface area (Å²) in [6, 6.07) is 7.91. The van der Waals surface area contributed by atoms with Gasteiger partial charge in [-0.25, -0.2) is 0 Å². The fourth-order valence-electron chi connectivity index (χ4n) is 2.12. The summed E-state index contributed by atoms with van der Waals surface area (Å²) in [6.07, 6.45) is -3.01. The minimum atomic E-state index is -4.21. The van der Waals surface area contributed by atoms with Crippen molar-refractivity contribution >= 4 is 0 Å². The van der Waals surface area contributed by atoms with Crippen LogP contribution in [0, 0.1) is 0 Å². The van der Waals surface area contributed by atoms with Crippen LogP contribution in [0.15, 0.2) is 36.7 Å². The van der Waals surface area contributed by atoms with Crippen molar-refractivity contribution in [1.29, 1.82) is 0 Å². The zero-order valence-electron chi connectivity index (χ0n) is 11.6. The minimum Gasteiger partial charge on any atom is -0.321 e. The van der Waals surface area contributed by atoms with Crippen molar-refractivity contribution in [2.75, 3.05) is 6.54 Å². The molecule has 0 fully saturated rings. The van der Waals surface area contributed by atoms with Gasteiger partial charge in [-0.1, -0.05) is 30.3 Å². The fraction of sp³-hybridized carbons (Fsp3) is 0.429. The molecule has 0 spiro atoms. The van der Waals surface area contributed by atoms with E-state index < -0.39 is 18.6 Å². The van der Waals surface area contributed by atoms with Gasteiger partial charge < -0.3 is 9.88 Å². The molecule has 0 aliphatic heterocycles. The summed E-state index contributed by atoms with van der Waals surface area (Å²) in [5.41, 5.74) is 0.632. The summed E-state index contributed by atoms with van der Waals surface area (Å²) in [5, 5.41) is 10.6. The van der Waals surface area contributed by atoms with E-state index in [1.54, 1.807) is 48.3 Å². The normalized spacial score (nSPS) is 13.3. The predicted molar refractivity (Wildman–Crippen MR) is 72.6 cm³/mol. The molecule has 1 unspecified atom stereocenters. The number of alkyl halides is 3. The lowest BCUT2D eigenvalue weighted by atomic mass is 10.0. The summed E-state index contributed by atoms with van der Waals surface area (Å²) in [7, 11) is 1.81. The van der Waals surface area contributed by atoms with Gasteiger partial charge in [-0.3, -0.25) is 0 Å². The zero-order chi connectivity index (χ0) is 15.3. The largest absolute Gasteiger partial charge is 0.390 e. The van der Waals surface area contributed by atoms with Gasteiger partial charge in [0.1, 0.15) is 12.2 Å². The van der Waals surface area contributed by atoms with Gasteiger partial charge in [-0.05, 0) is 5.56 Å². The molecule has 1 aromatic heterocycles. The first kappa shape index (κ1) is 15.5. The Balaban J connectivity index is 1.98. The lowest BCUT2D eigenvalue weighted by Crippen LogP contribution is -2.28. The molecule has 2 rings (SSSR count). The second-order valence-electron chi connectivity index (χ2n) is 4.84. The van der Waals surface area contributed by atoms with Crippen molar-refractivity contribution in [3.63, 3.8) is 0 Å². The topological polar surface area (TPSA) is 42.7 Å². The Bertz CT molecular complexity index is 551. The highest BCUT2D eigenvalue weighted by atomic mass is 19.4. The molecule has 1 heterocycles. The summed E-state index contributed by atoms with van der Waals surface area (Å²) < 4.78 is 39.8. The van der Waals surface area contributed by atoms with Crippen LogP contribution in [0.4, 0.5) is 13.2 Å². The standard InChI is InChI=1S/C14H17F3N4/c1-21-10-19-20-13(21)7-8-18-12(9-14(15,16)17)11-5-3-2-4-6-11/h2-6,10,12,18H,7-9H2,1H3. The molecule has 0 saturated heterocycles. The van der Waals surface area contributed by atoms with E-state index >= 15 is 0 Å². The summed E-state index contributed by atoms with van der Waals surface area (Å²) >= 11 is 0. The average Bonchev–Trinajstić information content (AvgIpc) is 2.83. The van der Waals surface area contributed by atoms with Gasteiger partial charge in [0, 0.05) is 26.1 Å². The van der Waals surface area contributed by atoms with E-state index in [0.29, 0.717) is 18.5 Å². The molecule has 0 amide bonds. The number of aryl methyl sites for hydroxylation is 1. The molecule has 21 heavy (non-hydrogen) atoms. The highest BCUT2D eigenvalue weighted by molar-refractivity contribution is 5.19. The smallest absolute Gasteiger partial charge is 0.321 e. The molecule has 0 radical (unpaired) electrons. The van der Waals surface area contributed by atoms with E-state index in [1.165, 1.54) is 0 Å². The number of hydrogen-bond donors (Lipinski definition) is 1. The summed E-state index contributed by atoms with van der Waals surface area (Å²) in [6.45, 7) is 0.405. The first-order valence-corrected chi connectivity index (χ1v) is 6.63. The van der Waals surface area contributed by atoms with Crippen molar-refractivity contribution < 1.29 is 13.2 Å². The maximum absolute atomic E-state index is 12.7. The molecular formula is C14H17F3N4. The Hall–Kier alpha value is -1.89. The number of hydrogen-bond acceptors (Lipinski definition) is 3. The van der Waals surface area contributed by atoms with Gasteiger partial charge >= 0.3 is 6.18 Å². The number of halogens is 3. The first-order valence-electron chi connectivity index (χ1n) is 6.63. The van der Waals surface area contributed by atoms with Gasteiger partial charge in [-0.2, -0.15) is 13.2 Å². The fourth-order valence-corrected chi connectivity index (χ4v) is 2.12. The van der Waals surface area contributed by atoms with Crippen molar-refractivity contribution in [2.24, 2.45) is 7.05 Å². The van der Waals surface area contributed by atoms with Crippen LogP contribution in [0.3, 0.4) is 0 Å². The van der Waals surface area contributed by atoms with Gasteiger partial charge in [0.2, 0.25) is 0 Å². The van der Waals surface area contributed by atoms with Gasteiger partial charge in [-0.15, -0.1) is 10.2 Å². The van der Waals surface area contributed by atoms with Crippen LogP contribution in [-0.4, -0.2) is 27.5 Å². The van der Waals surface area contributed by atoms with Crippen molar-refractivity contribution in [2.45, 2.75) is 25.1 Å². The first-order chi connectivity index (χ1) is 9.96. The van der Waals surface area contributed by atoms with Crippen molar-refractivity contribution in [3.8, 4) is 0 Å². The molecule has 0 aliphatic carbocycles. The van der Waals surface area contributed by atoms with E-state index in [-0.39, 0.29) is 0 Å². The van der Waals surface area contributed by atoms with Gasteiger partial charge in [0.15, 0.2) is 0 Å². The molecular weight excluding hydrogens is 281 g/mol. The predicted octanol–water partition coefficient (Wildman–Crippen LogP) is 2.64. The van der Waals surface area contributed by atoms with E-state index in [2.05, 4.69) is 15.5 Å². The molecule has 4 nitrogen and oxygen atoms in total. The van der Waals surface area contributed by atoms with Crippen LogP contribution in [0.2, 0.25) is 0 Å².